The maximum absolute atomic E-state index is 4.63. The van der Waals surface area contributed by atoms with Crippen LogP contribution < -0.4 is 0 Å². The van der Waals surface area contributed by atoms with Crippen molar-refractivity contribution in [1.82, 2.24) is 14.5 Å². The first kappa shape index (κ1) is 13.6. The van der Waals surface area contributed by atoms with E-state index in [0.717, 1.165) is 11.6 Å². The summed E-state index contributed by atoms with van der Waals surface area (Å²) in [6.45, 7) is 0. The van der Waals surface area contributed by atoms with Gasteiger partial charge >= 0.3 is 0 Å². The summed E-state index contributed by atoms with van der Waals surface area (Å²) in [5, 5.41) is 2.64. The lowest BCUT2D eigenvalue weighted by molar-refractivity contribution is 0.350. The van der Waals surface area contributed by atoms with E-state index < -0.39 is 0 Å². The van der Waals surface area contributed by atoms with Crippen LogP contribution >= 0.6 is 0 Å². The quantitative estimate of drug-likeness (QED) is 0.649. The van der Waals surface area contributed by atoms with E-state index in [-0.39, 0.29) is 0 Å². The highest BCUT2D eigenvalue weighted by Gasteiger charge is 2.27. The number of nitrogens with one attached hydrogen (secondary N) is 1. The molecule has 0 unspecified atom stereocenters. The van der Waals surface area contributed by atoms with Gasteiger partial charge in [0.1, 0.15) is 5.65 Å². The summed E-state index contributed by atoms with van der Waals surface area (Å²) in [5.74, 6) is 0.762. The minimum atomic E-state index is 0.692. The smallest absolute Gasteiger partial charge is 0.139 e. The van der Waals surface area contributed by atoms with E-state index in [9.17, 15) is 0 Å². The summed E-state index contributed by atoms with van der Waals surface area (Å²) in [5.41, 5.74) is 4.07. The molecule has 3 aromatic heterocycles. The van der Waals surface area contributed by atoms with E-state index in [2.05, 4.69) is 32.9 Å². The standard InChI is InChI=1S/C20H25N3/c1-2-8-16(9-3-1)23-18(14-6-4-5-7-14)12-15-13-22-20-17(19(15)23)10-11-21-20/h10-14,16H,1-9H2,(H,21,22). The van der Waals surface area contributed by atoms with Crippen molar-refractivity contribution < 1.29 is 0 Å². The zero-order valence-electron chi connectivity index (χ0n) is 13.7. The van der Waals surface area contributed by atoms with E-state index in [1.807, 2.05) is 6.20 Å². The van der Waals surface area contributed by atoms with E-state index in [0.29, 0.717) is 6.04 Å². The molecule has 0 saturated heterocycles. The van der Waals surface area contributed by atoms with Crippen LogP contribution in [0.2, 0.25) is 0 Å². The highest BCUT2D eigenvalue weighted by molar-refractivity contribution is 6.03. The van der Waals surface area contributed by atoms with Crippen molar-refractivity contribution in [3.05, 3.63) is 30.2 Å². The van der Waals surface area contributed by atoms with Gasteiger partial charge in [-0.25, -0.2) is 4.98 Å². The second-order valence-corrected chi connectivity index (χ2v) is 7.51. The Labute approximate surface area is 137 Å². The van der Waals surface area contributed by atoms with Gasteiger partial charge in [0.2, 0.25) is 0 Å². The van der Waals surface area contributed by atoms with Gasteiger partial charge in [-0.15, -0.1) is 0 Å². The second-order valence-electron chi connectivity index (χ2n) is 7.51. The minimum Gasteiger partial charge on any atom is -0.346 e. The number of hydrogen-bond acceptors (Lipinski definition) is 1. The summed E-state index contributed by atoms with van der Waals surface area (Å²) in [4.78, 5) is 7.92. The van der Waals surface area contributed by atoms with Crippen LogP contribution in [-0.2, 0) is 0 Å². The van der Waals surface area contributed by atoms with Crippen LogP contribution in [0.4, 0.5) is 0 Å². The maximum Gasteiger partial charge on any atom is 0.139 e. The van der Waals surface area contributed by atoms with Gasteiger partial charge in [0.05, 0.1) is 5.52 Å². The first-order valence-corrected chi connectivity index (χ1v) is 9.39. The van der Waals surface area contributed by atoms with Crippen LogP contribution in [0.3, 0.4) is 0 Å². The van der Waals surface area contributed by atoms with Gasteiger partial charge in [0, 0.05) is 34.9 Å². The summed E-state index contributed by atoms with van der Waals surface area (Å²) in [6, 6.07) is 5.36. The molecule has 0 aliphatic heterocycles. The molecule has 2 aliphatic carbocycles. The van der Waals surface area contributed by atoms with Crippen LogP contribution in [0.25, 0.3) is 21.9 Å². The Kier molecular flexibility index (Phi) is 3.20. The topological polar surface area (TPSA) is 33.6 Å². The van der Waals surface area contributed by atoms with Crippen LogP contribution in [0, 0.1) is 0 Å². The Morgan fingerprint density at radius 2 is 1.78 bits per heavy atom. The highest BCUT2D eigenvalue weighted by atomic mass is 15.0. The van der Waals surface area contributed by atoms with Crippen molar-refractivity contribution in [2.24, 2.45) is 0 Å². The molecule has 2 saturated carbocycles. The average molecular weight is 307 g/mol. The van der Waals surface area contributed by atoms with E-state index in [1.165, 1.54) is 74.1 Å². The molecule has 2 aliphatic rings. The van der Waals surface area contributed by atoms with E-state index in [4.69, 9.17) is 0 Å². The first-order chi connectivity index (χ1) is 11.4. The van der Waals surface area contributed by atoms with E-state index in [1.54, 1.807) is 5.69 Å². The number of H-pyrrole nitrogens is 1. The number of rotatable bonds is 2. The molecular formula is C20H25N3. The monoisotopic (exact) mass is 307 g/mol. The molecule has 5 rings (SSSR count). The lowest BCUT2D eigenvalue weighted by Crippen LogP contribution is -2.16. The molecule has 0 atom stereocenters. The van der Waals surface area contributed by atoms with Crippen molar-refractivity contribution in [2.75, 3.05) is 0 Å². The third-order valence-corrected chi connectivity index (χ3v) is 6.12. The summed E-state index contributed by atoms with van der Waals surface area (Å²) >= 11 is 0. The molecule has 23 heavy (non-hydrogen) atoms. The fourth-order valence-corrected chi connectivity index (χ4v) is 5.01. The normalized spacial score (nSPS) is 20.9. The number of pyridine rings is 1. The Morgan fingerprint density at radius 1 is 1.00 bits per heavy atom. The van der Waals surface area contributed by atoms with Crippen molar-refractivity contribution in [3.63, 3.8) is 0 Å². The molecule has 2 fully saturated rings. The Morgan fingerprint density at radius 3 is 2.61 bits per heavy atom. The van der Waals surface area contributed by atoms with Crippen LogP contribution in [-0.4, -0.2) is 14.5 Å². The van der Waals surface area contributed by atoms with Crippen molar-refractivity contribution in [1.29, 1.82) is 0 Å². The third kappa shape index (κ3) is 2.13. The number of fused-ring (bicyclic) bond motifs is 3. The Bertz CT molecular complexity index is 829. The molecule has 120 valence electrons. The molecule has 0 aromatic carbocycles. The predicted octanol–water partition coefficient (Wildman–Crippen LogP) is 5.68. The molecule has 0 radical (unpaired) electrons. The van der Waals surface area contributed by atoms with Gasteiger partial charge in [-0.3, -0.25) is 0 Å². The van der Waals surface area contributed by atoms with Gasteiger partial charge in [0.15, 0.2) is 0 Å². The first-order valence-electron chi connectivity index (χ1n) is 9.39. The fourth-order valence-electron chi connectivity index (χ4n) is 5.01. The minimum absolute atomic E-state index is 0.692. The third-order valence-electron chi connectivity index (χ3n) is 6.12. The SMILES string of the molecule is c1cc2c(ncc3cc(C4CCCC4)n(C4CCCCC4)c32)[nH]1. The number of nitrogens with zero attached hydrogens (tertiary/aromatic N) is 2. The van der Waals surface area contributed by atoms with Gasteiger partial charge in [-0.05, 0) is 43.7 Å². The van der Waals surface area contributed by atoms with Gasteiger partial charge in [-0.2, -0.15) is 0 Å². The van der Waals surface area contributed by atoms with Gasteiger partial charge in [-0.1, -0.05) is 32.1 Å². The number of aromatic amines is 1. The number of aromatic nitrogens is 3. The number of hydrogen-bond donors (Lipinski definition) is 1. The van der Waals surface area contributed by atoms with Crippen molar-refractivity contribution in [2.45, 2.75) is 69.7 Å². The predicted molar refractivity (Wildman–Crippen MR) is 94.9 cm³/mol. The molecule has 3 heterocycles. The van der Waals surface area contributed by atoms with E-state index >= 15 is 0 Å². The summed E-state index contributed by atoms with van der Waals surface area (Å²) in [7, 11) is 0. The molecule has 0 bridgehead atoms. The zero-order chi connectivity index (χ0) is 15.2. The van der Waals surface area contributed by atoms with Gasteiger partial charge < -0.3 is 9.55 Å². The largest absolute Gasteiger partial charge is 0.346 e. The van der Waals surface area contributed by atoms with Crippen molar-refractivity contribution in [3.8, 4) is 0 Å². The molecule has 3 nitrogen and oxygen atoms in total. The maximum atomic E-state index is 4.63. The average Bonchev–Trinajstić information content (AvgIpc) is 3.32. The molecule has 1 N–H and O–H groups in total. The second kappa shape index (κ2) is 5.40. The molecule has 0 amide bonds. The molecule has 3 heteroatoms. The van der Waals surface area contributed by atoms with Crippen LogP contribution in [0.1, 0.15) is 75.4 Å². The van der Waals surface area contributed by atoms with Crippen molar-refractivity contribution >= 4 is 21.9 Å². The summed E-state index contributed by atoms with van der Waals surface area (Å²) in [6.07, 6.45) is 16.5. The van der Waals surface area contributed by atoms with Crippen LogP contribution in [0.15, 0.2) is 24.5 Å². The summed E-state index contributed by atoms with van der Waals surface area (Å²) < 4.78 is 2.74. The van der Waals surface area contributed by atoms with Crippen LogP contribution in [0.5, 0.6) is 0 Å². The molecule has 0 spiro atoms. The highest BCUT2D eigenvalue weighted by Crippen LogP contribution is 2.42. The fraction of sp³-hybridized carbons (Fsp3) is 0.550. The Hall–Kier alpha value is -1.77. The zero-order valence-corrected chi connectivity index (χ0v) is 13.7. The lowest BCUT2D eigenvalue weighted by Gasteiger charge is -2.28. The Balaban J connectivity index is 1.77. The lowest BCUT2D eigenvalue weighted by atomic mass is 9.94. The molecule has 3 aromatic rings. The van der Waals surface area contributed by atoms with Gasteiger partial charge in [0.25, 0.3) is 0 Å². The molecular weight excluding hydrogens is 282 g/mol.